The summed E-state index contributed by atoms with van der Waals surface area (Å²) in [5.74, 6) is 0.427. The van der Waals surface area contributed by atoms with E-state index in [1.807, 2.05) is 0 Å². The topological polar surface area (TPSA) is 26.3 Å². The van der Waals surface area contributed by atoms with E-state index in [0.717, 1.165) is 19.1 Å². The summed E-state index contributed by atoms with van der Waals surface area (Å²) >= 11 is 0. The molecule has 120 valence electrons. The van der Waals surface area contributed by atoms with E-state index >= 15 is 0 Å². The van der Waals surface area contributed by atoms with Gasteiger partial charge in [0, 0.05) is 6.42 Å². The molecule has 0 radical (unpaired) electrons. The molecule has 1 saturated carbocycles. The molecule has 0 saturated heterocycles. The molecule has 0 aromatic carbocycles. The molecule has 0 aromatic rings. The van der Waals surface area contributed by atoms with E-state index in [2.05, 4.69) is 26.8 Å². The highest BCUT2D eigenvalue weighted by atomic mass is 28.4. The van der Waals surface area contributed by atoms with Crippen molar-refractivity contribution in [2.75, 3.05) is 0 Å². The van der Waals surface area contributed by atoms with E-state index in [-0.39, 0.29) is 5.60 Å². The lowest BCUT2D eigenvalue weighted by atomic mass is 9.81. The maximum absolute atomic E-state index is 11.2. The van der Waals surface area contributed by atoms with E-state index < -0.39 is 8.32 Å². The molecule has 0 spiro atoms. The zero-order valence-electron chi connectivity index (χ0n) is 14.1. The van der Waals surface area contributed by atoms with Crippen LogP contribution in [-0.2, 0) is 9.22 Å². The van der Waals surface area contributed by atoms with Gasteiger partial charge in [0.25, 0.3) is 0 Å². The predicted octanol–water partition coefficient (Wildman–Crippen LogP) is 5.25. The summed E-state index contributed by atoms with van der Waals surface area (Å²) in [6.45, 7) is 6.92. The van der Waals surface area contributed by atoms with E-state index in [0.29, 0.717) is 12.3 Å². The third kappa shape index (κ3) is 3.19. The van der Waals surface area contributed by atoms with Crippen molar-refractivity contribution in [1.29, 1.82) is 0 Å². The Morgan fingerprint density at radius 1 is 1.29 bits per heavy atom. The van der Waals surface area contributed by atoms with Crippen molar-refractivity contribution < 1.29 is 9.22 Å². The number of carbonyl (C=O) groups is 1. The molecule has 21 heavy (non-hydrogen) atoms. The molecule has 3 heteroatoms. The van der Waals surface area contributed by atoms with Crippen LogP contribution >= 0.6 is 0 Å². The first-order valence-corrected chi connectivity index (χ1v) is 11.5. The normalized spacial score (nSPS) is 29.7. The highest BCUT2D eigenvalue weighted by molar-refractivity contribution is 6.73. The molecule has 0 N–H and O–H groups in total. The Balaban J connectivity index is 2.34. The van der Waals surface area contributed by atoms with Gasteiger partial charge in [-0.3, -0.25) is 0 Å². The first kappa shape index (κ1) is 16.9. The van der Waals surface area contributed by atoms with Crippen LogP contribution in [0.2, 0.25) is 18.1 Å². The van der Waals surface area contributed by atoms with Crippen LogP contribution in [0.5, 0.6) is 0 Å². The fourth-order valence-electron chi connectivity index (χ4n) is 4.50. The molecule has 2 atom stereocenters. The Bertz CT molecular complexity index is 378. The maximum Gasteiger partial charge on any atom is 0.193 e. The second-order valence-electron chi connectivity index (χ2n) is 6.85. The molecule has 2 nitrogen and oxygen atoms in total. The van der Waals surface area contributed by atoms with Gasteiger partial charge in [0.2, 0.25) is 0 Å². The van der Waals surface area contributed by atoms with Crippen LogP contribution < -0.4 is 0 Å². The monoisotopic (exact) mass is 308 g/mol. The molecule has 0 aromatic heterocycles. The highest BCUT2D eigenvalue weighted by Gasteiger charge is 2.50. The van der Waals surface area contributed by atoms with Gasteiger partial charge in [-0.2, -0.15) is 0 Å². The minimum Gasteiger partial charge on any atom is -0.407 e. The zero-order valence-corrected chi connectivity index (χ0v) is 15.1. The first-order valence-electron chi connectivity index (χ1n) is 8.99. The van der Waals surface area contributed by atoms with Gasteiger partial charge >= 0.3 is 0 Å². The Morgan fingerprint density at radius 2 is 2.00 bits per heavy atom. The Labute approximate surface area is 131 Å². The third-order valence-corrected chi connectivity index (χ3v) is 10.7. The summed E-state index contributed by atoms with van der Waals surface area (Å²) in [7, 11) is -1.65. The number of rotatable bonds is 8. The molecule has 0 heterocycles. The molecule has 0 unspecified atom stereocenters. The first-order chi connectivity index (χ1) is 10.2. The summed E-state index contributed by atoms with van der Waals surface area (Å²) in [6, 6.07) is 3.59. The largest absolute Gasteiger partial charge is 0.407 e. The zero-order chi connectivity index (χ0) is 15.3. The van der Waals surface area contributed by atoms with Crippen LogP contribution in [0, 0.1) is 5.92 Å². The summed E-state index contributed by atoms with van der Waals surface area (Å²) < 4.78 is 7.10. The van der Waals surface area contributed by atoms with Crippen LogP contribution in [-0.4, -0.2) is 20.2 Å². The number of hydrogen-bond donors (Lipinski definition) is 0. The van der Waals surface area contributed by atoms with Crippen LogP contribution in [0.25, 0.3) is 0 Å². The Morgan fingerprint density at radius 3 is 2.52 bits per heavy atom. The van der Waals surface area contributed by atoms with Crippen molar-refractivity contribution in [2.45, 2.75) is 89.5 Å². The van der Waals surface area contributed by atoms with Gasteiger partial charge < -0.3 is 9.22 Å². The van der Waals surface area contributed by atoms with Gasteiger partial charge in [-0.05, 0) is 68.1 Å². The number of carbonyl (C=O) groups excluding carboxylic acids is 1. The van der Waals surface area contributed by atoms with E-state index in [1.54, 1.807) is 5.57 Å². The molecule has 0 aliphatic heterocycles. The number of allylic oxidation sites excluding steroid dienone is 1. The maximum atomic E-state index is 11.2. The second kappa shape index (κ2) is 7.23. The van der Waals surface area contributed by atoms with Crippen LogP contribution in [0.1, 0.15) is 65.7 Å². The Kier molecular flexibility index (Phi) is 5.84. The molecule has 2 aliphatic carbocycles. The lowest BCUT2D eigenvalue weighted by Crippen LogP contribution is -2.50. The fraction of sp³-hybridized carbons (Fsp3) is 0.833. The van der Waals surface area contributed by atoms with Gasteiger partial charge in [0.05, 0.1) is 5.60 Å². The number of hydrogen-bond acceptors (Lipinski definition) is 2. The van der Waals surface area contributed by atoms with E-state index in [9.17, 15) is 4.79 Å². The van der Waals surface area contributed by atoms with Crippen LogP contribution in [0.4, 0.5) is 0 Å². The lowest BCUT2D eigenvalue weighted by molar-refractivity contribution is -0.109. The van der Waals surface area contributed by atoms with Crippen molar-refractivity contribution in [1.82, 2.24) is 0 Å². The van der Waals surface area contributed by atoms with Gasteiger partial charge in [0.1, 0.15) is 6.29 Å². The fourth-order valence-corrected chi connectivity index (χ4v) is 7.61. The smallest absolute Gasteiger partial charge is 0.193 e. The minimum atomic E-state index is -1.65. The number of aldehydes is 1. The molecule has 0 amide bonds. The van der Waals surface area contributed by atoms with Crippen molar-refractivity contribution in [2.24, 2.45) is 5.92 Å². The SMILES string of the molecule is CC[Si](CC)(CC)O[C@]1(C2=CCCC2)CCC[C@@H]1CC=O. The average molecular weight is 309 g/mol. The minimum absolute atomic E-state index is 0.0777. The average Bonchev–Trinajstić information content (AvgIpc) is 3.16. The second-order valence-corrected chi connectivity index (χ2v) is 11.5. The Hall–Kier alpha value is -0.413. The van der Waals surface area contributed by atoms with Crippen LogP contribution in [0.15, 0.2) is 11.6 Å². The molecule has 2 rings (SSSR count). The molecular formula is C18H32O2Si. The molecule has 0 bridgehead atoms. The van der Waals surface area contributed by atoms with Crippen molar-refractivity contribution >= 4 is 14.6 Å². The highest BCUT2D eigenvalue weighted by Crippen LogP contribution is 2.50. The van der Waals surface area contributed by atoms with Crippen LogP contribution in [0.3, 0.4) is 0 Å². The van der Waals surface area contributed by atoms with Gasteiger partial charge in [-0.1, -0.05) is 26.8 Å². The van der Waals surface area contributed by atoms with Gasteiger partial charge in [-0.15, -0.1) is 0 Å². The summed E-state index contributed by atoms with van der Waals surface area (Å²) in [4.78, 5) is 11.2. The van der Waals surface area contributed by atoms with Gasteiger partial charge in [0.15, 0.2) is 8.32 Å². The van der Waals surface area contributed by atoms with Crippen molar-refractivity contribution in [3.63, 3.8) is 0 Å². The summed E-state index contributed by atoms with van der Waals surface area (Å²) in [6.07, 6.45) is 11.4. The molecular weight excluding hydrogens is 276 g/mol. The summed E-state index contributed by atoms with van der Waals surface area (Å²) in [5.41, 5.74) is 1.46. The lowest BCUT2D eigenvalue weighted by Gasteiger charge is -2.45. The predicted molar refractivity (Wildman–Crippen MR) is 91.0 cm³/mol. The molecule has 1 fully saturated rings. The van der Waals surface area contributed by atoms with Gasteiger partial charge in [-0.25, -0.2) is 0 Å². The van der Waals surface area contributed by atoms with E-state index in [1.165, 1.54) is 43.8 Å². The third-order valence-electron chi connectivity index (χ3n) is 6.06. The van der Waals surface area contributed by atoms with Crippen molar-refractivity contribution in [3.8, 4) is 0 Å². The van der Waals surface area contributed by atoms with Crippen molar-refractivity contribution in [3.05, 3.63) is 11.6 Å². The quantitative estimate of drug-likeness (QED) is 0.348. The molecule has 2 aliphatic rings. The standard InChI is InChI=1S/C18H32O2Si/c1-4-21(5-2,6-3)20-18(16-10-7-8-11-16)14-9-12-17(18)13-15-19/h10,15,17H,4-9,11-14H2,1-3H3/t17-,18+/m1/s1. The van der Waals surface area contributed by atoms with E-state index in [4.69, 9.17) is 4.43 Å². The summed E-state index contributed by atoms with van der Waals surface area (Å²) in [5, 5.41) is 0.